The molecule has 0 atom stereocenters. The second-order valence-electron chi connectivity index (χ2n) is 1.42. The van der Waals surface area contributed by atoms with E-state index in [1.54, 1.807) is 0 Å². The maximum Gasteiger partial charge on any atom is 0.371 e. The normalized spacial score (nSPS) is 8.50. The van der Waals surface area contributed by atoms with Crippen molar-refractivity contribution in [3.8, 4) is 0 Å². The number of carbonyl (C=O) groups excluding carboxylic acids is 3. The monoisotopic (exact) mass is 146 g/mol. The molecule has 0 fully saturated rings. The third-order valence-corrected chi connectivity index (χ3v) is 0.648. The summed E-state index contributed by atoms with van der Waals surface area (Å²) in [7, 11) is 0. The van der Waals surface area contributed by atoms with Crippen molar-refractivity contribution >= 4 is 18.0 Å². The lowest BCUT2D eigenvalue weighted by Gasteiger charge is -1.95. The molecule has 0 saturated carbocycles. The van der Waals surface area contributed by atoms with Crippen LogP contribution in [0.5, 0.6) is 0 Å². The maximum absolute atomic E-state index is 10.2. The summed E-state index contributed by atoms with van der Waals surface area (Å²) in [6.45, 7) is -1.24. The van der Waals surface area contributed by atoms with E-state index in [1.165, 1.54) is 0 Å². The highest BCUT2D eigenvalue weighted by Crippen LogP contribution is 1.75. The van der Waals surface area contributed by atoms with Crippen molar-refractivity contribution in [3.05, 3.63) is 0 Å². The highest BCUT2D eigenvalue weighted by Gasteiger charge is 2.03. The zero-order valence-corrected chi connectivity index (χ0v) is 5.07. The molecule has 0 spiro atoms. The van der Waals surface area contributed by atoms with E-state index in [2.05, 4.69) is 4.74 Å². The molecule has 0 unspecified atom stereocenters. The first-order chi connectivity index (χ1) is 4.70. The zero-order valence-electron chi connectivity index (χ0n) is 5.07. The van der Waals surface area contributed by atoms with E-state index in [1.807, 2.05) is 0 Å². The summed E-state index contributed by atoms with van der Waals surface area (Å²) in [6, 6.07) is 0. The Morgan fingerprint density at radius 1 is 1.50 bits per heavy atom. The fraction of sp³-hybridized carbons (Fsp3) is 0.400. The topological polar surface area (TPSA) is 80.7 Å². The molecule has 0 aliphatic carbocycles. The molecule has 5 nitrogen and oxygen atoms in total. The Morgan fingerprint density at radius 3 is 2.50 bits per heavy atom. The van der Waals surface area contributed by atoms with Crippen LogP contribution in [0.25, 0.3) is 0 Å². The first-order valence-corrected chi connectivity index (χ1v) is 2.45. The van der Waals surface area contributed by atoms with E-state index in [-0.39, 0.29) is 6.29 Å². The van der Waals surface area contributed by atoms with Crippen molar-refractivity contribution in [1.29, 1.82) is 0 Å². The molecule has 0 rings (SSSR count). The molecule has 0 heterocycles. The van der Waals surface area contributed by atoms with Crippen molar-refractivity contribution in [3.63, 3.8) is 0 Å². The largest absolute Gasteiger partial charge is 0.452 e. The predicted octanol–water partition coefficient (Wildman–Crippen LogP) is -1.71. The van der Waals surface area contributed by atoms with Crippen LogP contribution in [0.4, 0.5) is 0 Å². The standard InChI is InChI=1S/C5H6O5/c6-1-4(8)3-10-5(9)2-7/h2,6H,1,3H2. The second-order valence-corrected chi connectivity index (χ2v) is 1.42. The van der Waals surface area contributed by atoms with Crippen molar-refractivity contribution in [1.82, 2.24) is 0 Å². The van der Waals surface area contributed by atoms with Gasteiger partial charge in [0.25, 0.3) is 0 Å². The molecule has 0 aromatic heterocycles. The molecule has 5 heteroatoms. The Kier molecular flexibility index (Phi) is 4.06. The number of esters is 1. The molecule has 0 aliphatic heterocycles. The number of Topliss-reactive ketones (excluding diaryl/α,β-unsaturated/α-hetero) is 1. The fourth-order valence-electron chi connectivity index (χ4n) is 0.231. The van der Waals surface area contributed by atoms with Gasteiger partial charge in [0.2, 0.25) is 6.29 Å². The van der Waals surface area contributed by atoms with Gasteiger partial charge in [0.1, 0.15) is 6.61 Å². The molecular formula is C5H6O5. The van der Waals surface area contributed by atoms with Crippen LogP contribution in [0.15, 0.2) is 0 Å². The number of ketones is 1. The van der Waals surface area contributed by atoms with Crippen LogP contribution in [0, 0.1) is 0 Å². The maximum atomic E-state index is 10.2. The molecule has 0 saturated heterocycles. The summed E-state index contributed by atoms with van der Waals surface area (Å²) in [5.41, 5.74) is 0. The van der Waals surface area contributed by atoms with Gasteiger partial charge in [-0.1, -0.05) is 0 Å². The van der Waals surface area contributed by atoms with Crippen LogP contribution < -0.4 is 0 Å². The van der Waals surface area contributed by atoms with E-state index in [0.717, 1.165) is 0 Å². The van der Waals surface area contributed by atoms with Gasteiger partial charge in [0.15, 0.2) is 12.4 Å². The summed E-state index contributed by atoms with van der Waals surface area (Å²) in [5.74, 6) is -1.75. The van der Waals surface area contributed by atoms with Crippen LogP contribution in [0.3, 0.4) is 0 Å². The van der Waals surface area contributed by atoms with Crippen LogP contribution in [0.2, 0.25) is 0 Å². The summed E-state index contributed by atoms with van der Waals surface area (Å²) in [4.78, 5) is 29.8. The highest BCUT2D eigenvalue weighted by molar-refractivity contribution is 6.20. The Bertz CT molecular complexity index is 150. The van der Waals surface area contributed by atoms with Gasteiger partial charge in [-0.3, -0.25) is 9.59 Å². The van der Waals surface area contributed by atoms with Crippen LogP contribution in [0.1, 0.15) is 0 Å². The minimum Gasteiger partial charge on any atom is -0.452 e. The van der Waals surface area contributed by atoms with Crippen LogP contribution in [-0.2, 0) is 19.1 Å². The van der Waals surface area contributed by atoms with E-state index >= 15 is 0 Å². The molecule has 10 heavy (non-hydrogen) atoms. The molecule has 1 N–H and O–H groups in total. The number of rotatable bonds is 4. The van der Waals surface area contributed by atoms with Gasteiger partial charge in [-0.15, -0.1) is 0 Å². The molecule has 0 aromatic rings. The Morgan fingerprint density at radius 2 is 2.10 bits per heavy atom. The summed E-state index contributed by atoms with van der Waals surface area (Å²) < 4.78 is 4.03. The minimum atomic E-state index is -1.11. The van der Waals surface area contributed by atoms with Gasteiger partial charge in [0, 0.05) is 0 Å². The van der Waals surface area contributed by atoms with Crippen molar-refractivity contribution < 1.29 is 24.2 Å². The average molecular weight is 146 g/mol. The second kappa shape index (κ2) is 4.63. The molecule has 0 radical (unpaired) electrons. The lowest BCUT2D eigenvalue weighted by Crippen LogP contribution is -2.16. The minimum absolute atomic E-state index is 0.0509. The van der Waals surface area contributed by atoms with Crippen molar-refractivity contribution in [2.24, 2.45) is 0 Å². The predicted molar refractivity (Wildman–Crippen MR) is 29.1 cm³/mol. The van der Waals surface area contributed by atoms with E-state index in [9.17, 15) is 14.4 Å². The van der Waals surface area contributed by atoms with Crippen LogP contribution in [-0.4, -0.2) is 36.4 Å². The van der Waals surface area contributed by atoms with Gasteiger partial charge in [-0.05, 0) is 0 Å². The first kappa shape index (κ1) is 8.77. The Labute approximate surface area is 56.6 Å². The van der Waals surface area contributed by atoms with Gasteiger partial charge < -0.3 is 9.84 Å². The molecule has 56 valence electrons. The third kappa shape index (κ3) is 3.73. The SMILES string of the molecule is O=CC(=O)OCC(=O)CO. The van der Waals surface area contributed by atoms with Gasteiger partial charge in [0.05, 0.1) is 0 Å². The summed E-state index contributed by atoms with van der Waals surface area (Å²) in [5, 5.41) is 8.09. The smallest absolute Gasteiger partial charge is 0.371 e. The number of hydrogen-bond donors (Lipinski definition) is 1. The van der Waals surface area contributed by atoms with E-state index < -0.39 is 25.0 Å². The van der Waals surface area contributed by atoms with Crippen molar-refractivity contribution in [2.45, 2.75) is 0 Å². The number of carbonyl (C=O) groups is 3. The highest BCUT2D eigenvalue weighted by atomic mass is 16.5. The quantitative estimate of drug-likeness (QED) is 0.290. The van der Waals surface area contributed by atoms with Gasteiger partial charge in [-0.2, -0.15) is 0 Å². The van der Waals surface area contributed by atoms with E-state index in [4.69, 9.17) is 5.11 Å². The van der Waals surface area contributed by atoms with Gasteiger partial charge in [-0.25, -0.2) is 4.79 Å². The lowest BCUT2D eigenvalue weighted by atomic mass is 10.4. The number of aldehydes is 1. The third-order valence-electron chi connectivity index (χ3n) is 0.648. The fourth-order valence-corrected chi connectivity index (χ4v) is 0.231. The number of ether oxygens (including phenoxy) is 1. The Balaban J connectivity index is 3.44. The molecule has 0 aliphatic rings. The lowest BCUT2D eigenvalue weighted by molar-refractivity contribution is -0.151. The first-order valence-electron chi connectivity index (χ1n) is 2.45. The molecular weight excluding hydrogens is 140 g/mol. The van der Waals surface area contributed by atoms with Crippen molar-refractivity contribution in [2.75, 3.05) is 13.2 Å². The number of hydrogen-bond acceptors (Lipinski definition) is 5. The molecule has 0 aromatic carbocycles. The molecule has 0 amide bonds. The van der Waals surface area contributed by atoms with E-state index in [0.29, 0.717) is 0 Å². The number of aliphatic hydroxyl groups is 1. The summed E-state index contributed by atoms with van der Waals surface area (Å²) in [6.07, 6.45) is -0.0509. The summed E-state index contributed by atoms with van der Waals surface area (Å²) >= 11 is 0. The average Bonchev–Trinajstić information content (AvgIpc) is 1.99. The molecule has 0 bridgehead atoms. The van der Waals surface area contributed by atoms with Crippen LogP contribution >= 0.6 is 0 Å². The zero-order chi connectivity index (χ0) is 7.98. The van der Waals surface area contributed by atoms with Gasteiger partial charge >= 0.3 is 5.97 Å². The Hall–Kier alpha value is -1.23. The number of aliphatic hydroxyl groups excluding tert-OH is 1.